The molecule has 3 heteroatoms. The number of rotatable bonds is 7. The number of benzene rings is 1. The lowest BCUT2D eigenvalue weighted by Gasteiger charge is -2.16. The molecule has 0 radical (unpaired) electrons. The molecule has 0 saturated heterocycles. The molecule has 0 fully saturated rings. The van der Waals surface area contributed by atoms with E-state index in [1.165, 1.54) is 35.9 Å². The highest BCUT2D eigenvalue weighted by Crippen LogP contribution is 2.19. The maximum atomic E-state index is 4.67. The van der Waals surface area contributed by atoms with E-state index >= 15 is 0 Å². The monoisotopic (exact) mass is 259 g/mol. The summed E-state index contributed by atoms with van der Waals surface area (Å²) < 4.78 is 1.99. The molecule has 0 amide bonds. The number of aromatic nitrogens is 2. The van der Waals surface area contributed by atoms with Crippen molar-refractivity contribution in [1.29, 1.82) is 0 Å². The minimum absolute atomic E-state index is 0.621. The van der Waals surface area contributed by atoms with Crippen LogP contribution in [0.25, 0.3) is 10.9 Å². The molecule has 104 valence electrons. The highest BCUT2D eigenvalue weighted by molar-refractivity contribution is 5.81. The molecular weight excluding hydrogens is 234 g/mol. The average Bonchev–Trinajstić information content (AvgIpc) is 2.74. The predicted molar refractivity (Wildman–Crippen MR) is 81.4 cm³/mol. The van der Waals surface area contributed by atoms with Gasteiger partial charge in [0.15, 0.2) is 0 Å². The van der Waals surface area contributed by atoms with Gasteiger partial charge in [-0.1, -0.05) is 38.5 Å². The molecule has 2 aromatic rings. The molecule has 1 aromatic carbocycles. The van der Waals surface area contributed by atoms with E-state index in [1.807, 2.05) is 11.7 Å². The predicted octanol–water partition coefficient (Wildman–Crippen LogP) is 3.28. The van der Waals surface area contributed by atoms with Crippen LogP contribution in [-0.2, 0) is 13.5 Å². The van der Waals surface area contributed by atoms with Gasteiger partial charge in [0.2, 0.25) is 0 Å². The third kappa shape index (κ3) is 3.35. The maximum absolute atomic E-state index is 4.67. The molecule has 1 unspecified atom stereocenters. The van der Waals surface area contributed by atoms with Crippen LogP contribution in [0.2, 0.25) is 0 Å². The van der Waals surface area contributed by atoms with Crippen molar-refractivity contribution in [3.63, 3.8) is 0 Å². The first kappa shape index (κ1) is 14.1. The fourth-order valence-corrected chi connectivity index (χ4v) is 2.77. The van der Waals surface area contributed by atoms with E-state index < -0.39 is 0 Å². The van der Waals surface area contributed by atoms with Crippen LogP contribution in [-0.4, -0.2) is 22.4 Å². The summed E-state index contributed by atoms with van der Waals surface area (Å²) >= 11 is 0. The molecule has 19 heavy (non-hydrogen) atoms. The van der Waals surface area contributed by atoms with E-state index in [0.29, 0.717) is 6.04 Å². The molecule has 3 nitrogen and oxygen atoms in total. The Morgan fingerprint density at radius 3 is 2.74 bits per heavy atom. The highest BCUT2D eigenvalue weighted by atomic mass is 15.3. The van der Waals surface area contributed by atoms with E-state index in [1.54, 1.807) is 0 Å². The lowest BCUT2D eigenvalue weighted by Crippen LogP contribution is -2.29. The summed E-state index contributed by atoms with van der Waals surface area (Å²) in [6.07, 6.45) is 4.71. The molecule has 1 heterocycles. The van der Waals surface area contributed by atoms with Gasteiger partial charge in [0, 0.05) is 18.5 Å². The fourth-order valence-electron chi connectivity index (χ4n) is 2.77. The van der Waals surface area contributed by atoms with Crippen LogP contribution in [0.3, 0.4) is 0 Å². The number of aryl methyl sites for hydroxylation is 2. The quantitative estimate of drug-likeness (QED) is 0.827. The van der Waals surface area contributed by atoms with Crippen LogP contribution < -0.4 is 5.32 Å². The van der Waals surface area contributed by atoms with Crippen molar-refractivity contribution in [2.45, 2.75) is 45.6 Å². The number of para-hydroxylation sites is 1. The van der Waals surface area contributed by atoms with Crippen molar-refractivity contribution in [2.24, 2.45) is 7.05 Å². The van der Waals surface area contributed by atoms with E-state index in [0.717, 1.165) is 13.0 Å². The van der Waals surface area contributed by atoms with Crippen LogP contribution in [0.1, 0.15) is 38.8 Å². The Kier molecular flexibility index (Phi) is 4.97. The Morgan fingerprint density at radius 1 is 1.21 bits per heavy atom. The average molecular weight is 259 g/mol. The molecule has 0 aliphatic rings. The maximum Gasteiger partial charge on any atom is 0.0703 e. The zero-order valence-electron chi connectivity index (χ0n) is 12.3. The summed E-state index contributed by atoms with van der Waals surface area (Å²) in [6, 6.07) is 9.11. The topological polar surface area (TPSA) is 29.9 Å². The number of nitrogens with one attached hydrogen (secondary N) is 1. The van der Waals surface area contributed by atoms with Crippen molar-refractivity contribution in [3.8, 4) is 0 Å². The van der Waals surface area contributed by atoms with Crippen molar-refractivity contribution >= 4 is 10.9 Å². The molecule has 0 aliphatic carbocycles. The summed E-state index contributed by atoms with van der Waals surface area (Å²) in [6.45, 7) is 5.48. The summed E-state index contributed by atoms with van der Waals surface area (Å²) in [5.41, 5.74) is 2.46. The van der Waals surface area contributed by atoms with Gasteiger partial charge in [0.1, 0.15) is 0 Å². The smallest absolute Gasteiger partial charge is 0.0703 e. The largest absolute Gasteiger partial charge is 0.314 e. The standard InChI is InChI=1S/C16H25N3/c1-4-8-13(17-5-2)11-12-15-14-9-6-7-10-16(14)19(3)18-15/h6-7,9-10,13,17H,4-5,8,11-12H2,1-3H3. The van der Waals surface area contributed by atoms with Crippen LogP contribution in [0.4, 0.5) is 0 Å². The zero-order valence-corrected chi connectivity index (χ0v) is 12.3. The minimum atomic E-state index is 0.621. The van der Waals surface area contributed by atoms with Gasteiger partial charge in [-0.05, 0) is 31.9 Å². The second-order valence-corrected chi connectivity index (χ2v) is 5.17. The van der Waals surface area contributed by atoms with Crippen molar-refractivity contribution in [3.05, 3.63) is 30.0 Å². The normalized spacial score (nSPS) is 13.0. The molecule has 0 bridgehead atoms. The van der Waals surface area contributed by atoms with Crippen LogP contribution >= 0.6 is 0 Å². The molecule has 2 rings (SSSR count). The SMILES string of the molecule is CCCC(CCc1nn(C)c2ccccc12)NCC. The first-order valence-electron chi connectivity index (χ1n) is 7.40. The highest BCUT2D eigenvalue weighted by Gasteiger charge is 2.11. The third-order valence-corrected chi connectivity index (χ3v) is 3.69. The number of hydrogen-bond donors (Lipinski definition) is 1. The molecule has 0 saturated carbocycles. The molecule has 1 atom stereocenters. The summed E-state index contributed by atoms with van der Waals surface area (Å²) in [7, 11) is 2.03. The second kappa shape index (κ2) is 6.71. The molecule has 0 aliphatic heterocycles. The van der Waals surface area contributed by atoms with Crippen molar-refractivity contribution in [2.75, 3.05) is 6.54 Å². The Labute approximate surface area is 116 Å². The van der Waals surface area contributed by atoms with Gasteiger partial charge in [-0.2, -0.15) is 5.10 Å². The van der Waals surface area contributed by atoms with Gasteiger partial charge in [-0.3, -0.25) is 4.68 Å². The first-order valence-corrected chi connectivity index (χ1v) is 7.40. The lowest BCUT2D eigenvalue weighted by atomic mass is 10.0. The van der Waals surface area contributed by atoms with E-state index in [9.17, 15) is 0 Å². The van der Waals surface area contributed by atoms with Gasteiger partial charge in [0.05, 0.1) is 11.2 Å². The Morgan fingerprint density at radius 2 is 2.00 bits per heavy atom. The third-order valence-electron chi connectivity index (χ3n) is 3.69. The number of fused-ring (bicyclic) bond motifs is 1. The molecule has 0 spiro atoms. The van der Waals surface area contributed by atoms with E-state index in [4.69, 9.17) is 0 Å². The van der Waals surface area contributed by atoms with Crippen LogP contribution in [0.5, 0.6) is 0 Å². The second-order valence-electron chi connectivity index (χ2n) is 5.17. The lowest BCUT2D eigenvalue weighted by molar-refractivity contribution is 0.457. The van der Waals surface area contributed by atoms with Gasteiger partial charge in [-0.15, -0.1) is 0 Å². The molecule has 1 N–H and O–H groups in total. The zero-order chi connectivity index (χ0) is 13.7. The van der Waals surface area contributed by atoms with Gasteiger partial charge < -0.3 is 5.32 Å². The van der Waals surface area contributed by atoms with Crippen LogP contribution in [0.15, 0.2) is 24.3 Å². The summed E-state index contributed by atoms with van der Waals surface area (Å²) in [5.74, 6) is 0. The van der Waals surface area contributed by atoms with Gasteiger partial charge in [-0.25, -0.2) is 0 Å². The first-order chi connectivity index (χ1) is 9.26. The summed E-state index contributed by atoms with van der Waals surface area (Å²) in [5, 5.41) is 9.55. The van der Waals surface area contributed by atoms with Crippen molar-refractivity contribution in [1.82, 2.24) is 15.1 Å². The Hall–Kier alpha value is -1.35. The van der Waals surface area contributed by atoms with Crippen molar-refractivity contribution < 1.29 is 0 Å². The number of hydrogen-bond acceptors (Lipinski definition) is 2. The Balaban J connectivity index is 2.08. The Bertz CT molecular complexity index is 510. The minimum Gasteiger partial charge on any atom is -0.314 e. The van der Waals surface area contributed by atoms with Crippen LogP contribution in [0, 0.1) is 0 Å². The summed E-state index contributed by atoms with van der Waals surface area (Å²) in [4.78, 5) is 0. The van der Waals surface area contributed by atoms with E-state index in [-0.39, 0.29) is 0 Å². The fraction of sp³-hybridized carbons (Fsp3) is 0.562. The van der Waals surface area contributed by atoms with E-state index in [2.05, 4.69) is 48.5 Å². The van der Waals surface area contributed by atoms with Gasteiger partial charge >= 0.3 is 0 Å². The number of nitrogens with zero attached hydrogens (tertiary/aromatic N) is 2. The van der Waals surface area contributed by atoms with Gasteiger partial charge in [0.25, 0.3) is 0 Å². The molecule has 1 aromatic heterocycles. The molecular formula is C16H25N3.